The molecular weight excluding hydrogens is 196 g/mol. The molecule has 1 unspecified atom stereocenters. The van der Waals surface area contributed by atoms with E-state index in [1.165, 1.54) is 19.3 Å². The van der Waals surface area contributed by atoms with Crippen LogP contribution in [0.3, 0.4) is 0 Å². The molecule has 0 radical (unpaired) electrons. The molecule has 0 aromatic heterocycles. The number of hydrogen-bond donors (Lipinski definition) is 0. The SMILES string of the molecule is CC(C)CC(C)(C)C1CCOCC(C)(C)C1. The molecule has 1 heterocycles. The molecular formula is C15H30O. The van der Waals surface area contributed by atoms with Gasteiger partial charge in [0.1, 0.15) is 0 Å². The Balaban J connectivity index is 2.69. The Morgan fingerprint density at radius 1 is 1.31 bits per heavy atom. The zero-order valence-corrected chi connectivity index (χ0v) is 12.1. The highest BCUT2D eigenvalue weighted by atomic mass is 16.5. The van der Waals surface area contributed by atoms with Crippen LogP contribution < -0.4 is 0 Å². The minimum absolute atomic E-state index is 0.357. The maximum Gasteiger partial charge on any atom is 0.0517 e. The fraction of sp³-hybridized carbons (Fsp3) is 1.00. The first-order valence-corrected chi connectivity index (χ1v) is 6.81. The second-order valence-electron chi connectivity index (χ2n) is 7.49. The maximum absolute atomic E-state index is 5.74. The summed E-state index contributed by atoms with van der Waals surface area (Å²) < 4.78 is 5.74. The van der Waals surface area contributed by atoms with Crippen LogP contribution in [0.5, 0.6) is 0 Å². The van der Waals surface area contributed by atoms with Crippen LogP contribution in [0.25, 0.3) is 0 Å². The molecule has 96 valence electrons. The van der Waals surface area contributed by atoms with E-state index in [-0.39, 0.29) is 0 Å². The lowest BCUT2D eigenvalue weighted by Gasteiger charge is -2.38. The molecule has 1 aliphatic rings. The van der Waals surface area contributed by atoms with Gasteiger partial charge in [0.15, 0.2) is 0 Å². The van der Waals surface area contributed by atoms with Gasteiger partial charge in [0.05, 0.1) is 6.61 Å². The summed E-state index contributed by atoms with van der Waals surface area (Å²) in [7, 11) is 0. The van der Waals surface area contributed by atoms with Crippen LogP contribution in [0.1, 0.15) is 60.8 Å². The molecule has 0 aliphatic carbocycles. The summed E-state index contributed by atoms with van der Waals surface area (Å²) in [5, 5.41) is 0. The molecule has 0 bridgehead atoms. The largest absolute Gasteiger partial charge is 0.381 e. The standard InChI is InChI=1S/C15H30O/c1-12(2)9-15(5,6)13-7-8-16-11-14(3,4)10-13/h12-13H,7-11H2,1-6H3. The van der Waals surface area contributed by atoms with Gasteiger partial charge in [0.2, 0.25) is 0 Å². The Hall–Kier alpha value is -0.0400. The smallest absolute Gasteiger partial charge is 0.0517 e. The van der Waals surface area contributed by atoms with Gasteiger partial charge in [-0.1, -0.05) is 41.5 Å². The molecule has 1 saturated heterocycles. The Kier molecular flexibility index (Phi) is 4.45. The highest BCUT2D eigenvalue weighted by Gasteiger charge is 2.36. The topological polar surface area (TPSA) is 9.23 Å². The molecule has 1 atom stereocenters. The van der Waals surface area contributed by atoms with Crippen LogP contribution in [0.4, 0.5) is 0 Å². The number of hydrogen-bond acceptors (Lipinski definition) is 1. The van der Waals surface area contributed by atoms with Crippen molar-refractivity contribution in [3.8, 4) is 0 Å². The van der Waals surface area contributed by atoms with Gasteiger partial charge in [-0.15, -0.1) is 0 Å². The number of ether oxygens (including phenoxy) is 1. The van der Waals surface area contributed by atoms with E-state index in [0.717, 1.165) is 25.0 Å². The van der Waals surface area contributed by atoms with Crippen molar-refractivity contribution in [2.75, 3.05) is 13.2 Å². The lowest BCUT2D eigenvalue weighted by molar-refractivity contribution is 0.0789. The summed E-state index contributed by atoms with van der Waals surface area (Å²) in [6.45, 7) is 16.1. The van der Waals surface area contributed by atoms with Crippen molar-refractivity contribution < 1.29 is 4.74 Å². The van der Waals surface area contributed by atoms with Crippen molar-refractivity contribution in [3.05, 3.63) is 0 Å². The van der Waals surface area contributed by atoms with E-state index in [4.69, 9.17) is 4.74 Å². The summed E-state index contributed by atoms with van der Waals surface area (Å²) in [4.78, 5) is 0. The normalized spacial score (nSPS) is 26.8. The first-order chi connectivity index (χ1) is 7.23. The highest BCUT2D eigenvalue weighted by molar-refractivity contribution is 4.85. The molecule has 0 aromatic carbocycles. The van der Waals surface area contributed by atoms with Crippen LogP contribution in [0.15, 0.2) is 0 Å². The zero-order chi connectivity index (χ0) is 12.4. The predicted octanol–water partition coefficient (Wildman–Crippen LogP) is 4.51. The molecule has 1 nitrogen and oxygen atoms in total. The Labute approximate surface area is 102 Å². The third kappa shape index (κ3) is 4.08. The quantitative estimate of drug-likeness (QED) is 0.688. The molecule has 0 aromatic rings. The van der Waals surface area contributed by atoms with E-state index in [0.29, 0.717) is 10.8 Å². The second-order valence-corrected chi connectivity index (χ2v) is 7.49. The molecule has 1 fully saturated rings. The molecule has 16 heavy (non-hydrogen) atoms. The van der Waals surface area contributed by atoms with Crippen molar-refractivity contribution in [1.29, 1.82) is 0 Å². The summed E-state index contributed by atoms with van der Waals surface area (Å²) in [6, 6.07) is 0. The maximum atomic E-state index is 5.74. The van der Waals surface area contributed by atoms with Crippen molar-refractivity contribution in [1.82, 2.24) is 0 Å². The van der Waals surface area contributed by atoms with E-state index in [1.54, 1.807) is 0 Å². The molecule has 1 rings (SSSR count). The average Bonchev–Trinajstić information content (AvgIpc) is 2.24. The van der Waals surface area contributed by atoms with E-state index in [2.05, 4.69) is 41.5 Å². The molecule has 0 amide bonds. The molecule has 1 aliphatic heterocycles. The van der Waals surface area contributed by atoms with Crippen LogP contribution in [-0.4, -0.2) is 13.2 Å². The van der Waals surface area contributed by atoms with E-state index < -0.39 is 0 Å². The minimum Gasteiger partial charge on any atom is -0.381 e. The fourth-order valence-electron chi connectivity index (χ4n) is 3.29. The van der Waals surface area contributed by atoms with Gasteiger partial charge in [-0.2, -0.15) is 0 Å². The highest BCUT2D eigenvalue weighted by Crippen LogP contribution is 2.43. The summed E-state index contributed by atoms with van der Waals surface area (Å²) >= 11 is 0. The van der Waals surface area contributed by atoms with Crippen molar-refractivity contribution in [3.63, 3.8) is 0 Å². The summed E-state index contributed by atoms with van der Waals surface area (Å²) in [6.07, 6.45) is 3.88. The summed E-state index contributed by atoms with van der Waals surface area (Å²) in [5.74, 6) is 1.61. The Morgan fingerprint density at radius 3 is 2.50 bits per heavy atom. The Bertz CT molecular complexity index is 215. The fourth-order valence-corrected chi connectivity index (χ4v) is 3.29. The van der Waals surface area contributed by atoms with Gasteiger partial charge in [0.25, 0.3) is 0 Å². The van der Waals surface area contributed by atoms with E-state index in [1.807, 2.05) is 0 Å². The molecule has 0 saturated carbocycles. The first kappa shape index (κ1) is 14.0. The average molecular weight is 226 g/mol. The van der Waals surface area contributed by atoms with Crippen molar-refractivity contribution >= 4 is 0 Å². The molecule has 0 spiro atoms. The zero-order valence-electron chi connectivity index (χ0n) is 12.1. The van der Waals surface area contributed by atoms with Crippen LogP contribution in [0, 0.1) is 22.7 Å². The molecule has 1 heteroatoms. The van der Waals surface area contributed by atoms with E-state index in [9.17, 15) is 0 Å². The Morgan fingerprint density at radius 2 is 1.94 bits per heavy atom. The van der Waals surface area contributed by atoms with Gasteiger partial charge in [-0.25, -0.2) is 0 Å². The second kappa shape index (κ2) is 5.08. The lowest BCUT2D eigenvalue weighted by Crippen LogP contribution is -2.30. The minimum atomic E-state index is 0.357. The van der Waals surface area contributed by atoms with Crippen molar-refractivity contribution in [2.24, 2.45) is 22.7 Å². The third-order valence-corrected chi connectivity index (χ3v) is 3.94. The first-order valence-electron chi connectivity index (χ1n) is 6.81. The monoisotopic (exact) mass is 226 g/mol. The van der Waals surface area contributed by atoms with Crippen LogP contribution >= 0.6 is 0 Å². The van der Waals surface area contributed by atoms with Gasteiger partial charge < -0.3 is 4.74 Å². The summed E-state index contributed by atoms with van der Waals surface area (Å²) in [5.41, 5.74) is 0.814. The van der Waals surface area contributed by atoms with Gasteiger partial charge in [-0.05, 0) is 41.9 Å². The van der Waals surface area contributed by atoms with Gasteiger partial charge >= 0.3 is 0 Å². The van der Waals surface area contributed by atoms with Gasteiger partial charge in [-0.3, -0.25) is 0 Å². The third-order valence-electron chi connectivity index (χ3n) is 3.94. The predicted molar refractivity (Wildman–Crippen MR) is 70.6 cm³/mol. The molecule has 0 N–H and O–H groups in total. The van der Waals surface area contributed by atoms with Crippen LogP contribution in [0.2, 0.25) is 0 Å². The lowest BCUT2D eigenvalue weighted by atomic mass is 9.67. The number of rotatable bonds is 3. The van der Waals surface area contributed by atoms with Crippen molar-refractivity contribution in [2.45, 2.75) is 60.8 Å². The van der Waals surface area contributed by atoms with Gasteiger partial charge in [0, 0.05) is 6.61 Å². The van der Waals surface area contributed by atoms with Crippen LogP contribution in [-0.2, 0) is 4.74 Å². The van der Waals surface area contributed by atoms with E-state index >= 15 is 0 Å².